The molecule has 0 amide bonds. The third-order valence-corrected chi connectivity index (χ3v) is 3.86. The van der Waals surface area contributed by atoms with Gasteiger partial charge in [0.05, 0.1) is 6.42 Å². The van der Waals surface area contributed by atoms with Gasteiger partial charge in [-0.3, -0.25) is 0 Å². The molecule has 15 heavy (non-hydrogen) atoms. The summed E-state index contributed by atoms with van der Waals surface area (Å²) in [6.07, 6.45) is -1.55. The highest BCUT2D eigenvalue weighted by Crippen LogP contribution is 2.29. The Hall–Kier alpha value is 0.100. The van der Waals surface area contributed by atoms with E-state index in [-0.39, 0.29) is 6.54 Å². The van der Waals surface area contributed by atoms with Gasteiger partial charge >= 0.3 is 6.18 Å². The number of nitrogens with one attached hydrogen (secondary N) is 1. The predicted octanol–water partition coefficient (Wildman–Crippen LogP) is 3.20. The molecule has 1 rings (SSSR count). The SMILES string of the molecule is CCSC1CCC(NCCC(F)(F)F)C1. The number of rotatable bonds is 5. The van der Waals surface area contributed by atoms with Gasteiger partial charge < -0.3 is 5.32 Å². The monoisotopic (exact) mass is 241 g/mol. The van der Waals surface area contributed by atoms with Crippen LogP contribution in [0.5, 0.6) is 0 Å². The molecule has 0 bridgehead atoms. The third-order valence-electron chi connectivity index (χ3n) is 2.63. The molecule has 0 aromatic rings. The van der Waals surface area contributed by atoms with Gasteiger partial charge in [-0.2, -0.15) is 24.9 Å². The molecule has 1 aliphatic carbocycles. The summed E-state index contributed by atoms with van der Waals surface area (Å²) in [7, 11) is 0. The predicted molar refractivity (Wildman–Crippen MR) is 58.2 cm³/mol. The standard InChI is InChI=1S/C10H18F3NS/c1-2-15-9-4-3-8(7-9)14-6-5-10(11,12)13/h8-9,14H,2-7H2,1H3. The maximum Gasteiger partial charge on any atom is 0.390 e. The van der Waals surface area contributed by atoms with Gasteiger partial charge in [-0.25, -0.2) is 0 Å². The van der Waals surface area contributed by atoms with Crippen LogP contribution < -0.4 is 5.32 Å². The van der Waals surface area contributed by atoms with E-state index >= 15 is 0 Å². The molecule has 0 aromatic carbocycles. The largest absolute Gasteiger partial charge is 0.390 e. The van der Waals surface area contributed by atoms with E-state index in [0.29, 0.717) is 11.3 Å². The summed E-state index contributed by atoms with van der Waals surface area (Å²) < 4.78 is 35.6. The first-order valence-corrected chi connectivity index (χ1v) is 6.48. The summed E-state index contributed by atoms with van der Waals surface area (Å²) in [4.78, 5) is 0. The molecule has 1 aliphatic rings. The second-order valence-corrected chi connectivity index (χ2v) is 5.48. The molecule has 1 N–H and O–H groups in total. The normalized spacial score (nSPS) is 27.2. The number of thioether (sulfide) groups is 1. The van der Waals surface area contributed by atoms with Gasteiger partial charge in [-0.1, -0.05) is 6.92 Å². The Bertz CT molecular complexity index is 184. The molecule has 0 heterocycles. The molecule has 0 radical (unpaired) electrons. The van der Waals surface area contributed by atoms with E-state index in [1.807, 2.05) is 11.8 Å². The van der Waals surface area contributed by atoms with Crippen molar-refractivity contribution in [3.8, 4) is 0 Å². The van der Waals surface area contributed by atoms with E-state index in [9.17, 15) is 13.2 Å². The molecule has 2 atom stereocenters. The number of hydrogen-bond acceptors (Lipinski definition) is 2. The van der Waals surface area contributed by atoms with Crippen LogP contribution in [-0.2, 0) is 0 Å². The van der Waals surface area contributed by atoms with Crippen molar-refractivity contribution < 1.29 is 13.2 Å². The fourth-order valence-electron chi connectivity index (χ4n) is 1.93. The molecule has 1 nitrogen and oxygen atoms in total. The van der Waals surface area contributed by atoms with Gasteiger partial charge in [0.25, 0.3) is 0 Å². The Morgan fingerprint density at radius 3 is 2.67 bits per heavy atom. The van der Waals surface area contributed by atoms with Gasteiger partial charge in [0.1, 0.15) is 0 Å². The lowest BCUT2D eigenvalue weighted by molar-refractivity contribution is -0.133. The Kier molecular flexibility index (Phi) is 5.26. The lowest BCUT2D eigenvalue weighted by Gasteiger charge is -2.13. The molecule has 0 spiro atoms. The summed E-state index contributed by atoms with van der Waals surface area (Å²) in [5, 5.41) is 3.64. The van der Waals surface area contributed by atoms with Gasteiger partial charge in [0.15, 0.2) is 0 Å². The fraction of sp³-hybridized carbons (Fsp3) is 1.00. The van der Waals surface area contributed by atoms with E-state index in [1.54, 1.807) is 0 Å². The van der Waals surface area contributed by atoms with Crippen LogP contribution in [0, 0.1) is 0 Å². The quantitative estimate of drug-likeness (QED) is 0.793. The van der Waals surface area contributed by atoms with Crippen molar-refractivity contribution >= 4 is 11.8 Å². The average Bonchev–Trinajstić information content (AvgIpc) is 2.51. The third kappa shape index (κ3) is 5.66. The van der Waals surface area contributed by atoms with E-state index in [2.05, 4.69) is 12.2 Å². The summed E-state index contributed by atoms with van der Waals surface area (Å²) in [5.74, 6) is 1.10. The van der Waals surface area contributed by atoms with Crippen molar-refractivity contribution in [3.63, 3.8) is 0 Å². The minimum atomic E-state index is -4.02. The van der Waals surface area contributed by atoms with Crippen molar-refractivity contribution in [1.82, 2.24) is 5.32 Å². The molecule has 0 saturated heterocycles. The highest BCUT2D eigenvalue weighted by Gasteiger charge is 2.28. The summed E-state index contributed by atoms with van der Waals surface area (Å²) in [5.41, 5.74) is 0. The second-order valence-electron chi connectivity index (χ2n) is 3.91. The molecule has 0 aromatic heterocycles. The number of hydrogen-bond donors (Lipinski definition) is 1. The van der Waals surface area contributed by atoms with Crippen LogP contribution in [0.4, 0.5) is 13.2 Å². The molecule has 1 saturated carbocycles. The molecule has 0 aliphatic heterocycles. The van der Waals surface area contributed by atoms with Crippen LogP contribution in [0.15, 0.2) is 0 Å². The van der Waals surface area contributed by atoms with Gasteiger partial charge in [-0.05, 0) is 25.0 Å². The zero-order chi connectivity index (χ0) is 11.3. The summed E-state index contributed by atoms with van der Waals surface area (Å²) in [6.45, 7) is 2.19. The van der Waals surface area contributed by atoms with Crippen LogP contribution in [-0.4, -0.2) is 29.8 Å². The van der Waals surface area contributed by atoms with Crippen molar-refractivity contribution in [2.45, 2.75) is 50.1 Å². The van der Waals surface area contributed by atoms with Crippen molar-refractivity contribution in [2.75, 3.05) is 12.3 Å². The Morgan fingerprint density at radius 1 is 1.33 bits per heavy atom. The van der Waals surface area contributed by atoms with Gasteiger partial charge in [-0.15, -0.1) is 0 Å². The fourth-order valence-corrected chi connectivity index (χ4v) is 3.07. The first-order valence-electron chi connectivity index (χ1n) is 5.43. The van der Waals surface area contributed by atoms with Crippen LogP contribution >= 0.6 is 11.8 Å². The average molecular weight is 241 g/mol. The van der Waals surface area contributed by atoms with Gasteiger partial charge in [0, 0.05) is 17.8 Å². The molecule has 1 fully saturated rings. The van der Waals surface area contributed by atoms with E-state index in [4.69, 9.17) is 0 Å². The van der Waals surface area contributed by atoms with Crippen molar-refractivity contribution in [1.29, 1.82) is 0 Å². The Morgan fingerprint density at radius 2 is 2.07 bits per heavy atom. The van der Waals surface area contributed by atoms with Gasteiger partial charge in [0.2, 0.25) is 0 Å². The van der Waals surface area contributed by atoms with Crippen molar-refractivity contribution in [3.05, 3.63) is 0 Å². The topological polar surface area (TPSA) is 12.0 Å². The lowest BCUT2D eigenvalue weighted by atomic mass is 10.2. The van der Waals surface area contributed by atoms with Crippen LogP contribution in [0.3, 0.4) is 0 Å². The first-order chi connectivity index (χ1) is 7.01. The highest BCUT2D eigenvalue weighted by atomic mass is 32.2. The molecular formula is C10H18F3NS. The van der Waals surface area contributed by atoms with E-state index in [1.165, 1.54) is 0 Å². The zero-order valence-corrected chi connectivity index (χ0v) is 9.76. The van der Waals surface area contributed by atoms with Crippen LogP contribution in [0.1, 0.15) is 32.6 Å². The van der Waals surface area contributed by atoms with E-state index < -0.39 is 12.6 Å². The molecule has 2 unspecified atom stereocenters. The maximum absolute atomic E-state index is 11.9. The molecule has 5 heteroatoms. The smallest absolute Gasteiger partial charge is 0.314 e. The Labute approximate surface area is 93.2 Å². The zero-order valence-electron chi connectivity index (χ0n) is 8.94. The van der Waals surface area contributed by atoms with E-state index in [0.717, 1.165) is 25.0 Å². The summed E-state index contributed by atoms with van der Waals surface area (Å²) >= 11 is 1.92. The Balaban J connectivity index is 2.09. The number of halogens is 3. The number of alkyl halides is 3. The molecular weight excluding hydrogens is 223 g/mol. The first kappa shape index (κ1) is 13.2. The molecule has 90 valence electrons. The summed E-state index contributed by atoms with van der Waals surface area (Å²) in [6, 6.07) is 0.302. The van der Waals surface area contributed by atoms with Crippen LogP contribution in [0.2, 0.25) is 0 Å². The minimum Gasteiger partial charge on any atom is -0.314 e. The highest BCUT2D eigenvalue weighted by molar-refractivity contribution is 7.99. The van der Waals surface area contributed by atoms with Crippen LogP contribution in [0.25, 0.3) is 0 Å². The lowest BCUT2D eigenvalue weighted by Crippen LogP contribution is -2.30. The minimum absolute atomic E-state index is 0.0671. The van der Waals surface area contributed by atoms with Crippen molar-refractivity contribution in [2.24, 2.45) is 0 Å². The second kappa shape index (κ2) is 5.99. The maximum atomic E-state index is 11.9.